The molecule has 6 heterocycles. The van der Waals surface area contributed by atoms with E-state index in [0.29, 0.717) is 54.7 Å². The van der Waals surface area contributed by atoms with Crippen LogP contribution in [0, 0.1) is 23.5 Å². The number of amides is 2. The molecule has 1 N–H and O–H groups in total. The van der Waals surface area contributed by atoms with E-state index >= 15 is 8.78 Å². The number of anilines is 1. The summed E-state index contributed by atoms with van der Waals surface area (Å²) >= 11 is 0. The maximum Gasteiger partial charge on any atom is 0.319 e. The zero-order chi connectivity index (χ0) is 30.0. The van der Waals surface area contributed by atoms with Gasteiger partial charge in [-0.05, 0) is 62.6 Å². The van der Waals surface area contributed by atoms with Gasteiger partial charge in [-0.2, -0.15) is 9.97 Å². The number of hydrogen-bond donors (Lipinski definition) is 1. The highest BCUT2D eigenvalue weighted by molar-refractivity contribution is 6.01. The van der Waals surface area contributed by atoms with Crippen molar-refractivity contribution < 1.29 is 23.1 Å². The van der Waals surface area contributed by atoms with Crippen molar-refractivity contribution in [1.29, 1.82) is 0 Å². The van der Waals surface area contributed by atoms with Gasteiger partial charge in [0.05, 0.1) is 16.8 Å². The van der Waals surface area contributed by atoms with E-state index in [1.54, 1.807) is 30.3 Å². The van der Waals surface area contributed by atoms with E-state index in [4.69, 9.17) is 9.72 Å². The lowest BCUT2D eigenvalue weighted by atomic mass is 9.80. The number of hydrogen-bond acceptors (Lipinski definition) is 8. The Hall–Kier alpha value is -4.25. The summed E-state index contributed by atoms with van der Waals surface area (Å²) in [5.41, 5.74) is 0.287. The summed E-state index contributed by atoms with van der Waals surface area (Å²) in [4.78, 5) is 43.0. The Morgan fingerprint density at radius 3 is 2.64 bits per heavy atom. The summed E-state index contributed by atoms with van der Waals surface area (Å²) in [6, 6.07) is 10.00. The molecule has 0 radical (unpaired) electrons. The van der Waals surface area contributed by atoms with Gasteiger partial charge in [0.1, 0.15) is 29.5 Å². The van der Waals surface area contributed by atoms with Crippen LogP contribution < -0.4 is 15.0 Å². The standard InChI is InChI=1S/C33H32F2N6O3/c34-24-8-2-6-19-5-1-7-21(26(19)24)28-27(35)29-22(16-36-28)30(40-14-9-20-15-25(42)37-31(43)23(20)17-40)39-32(38-29)44-18-33-10-3-12-41(33)13-4-11-33/h1-2,5-8,16,20,23H,3-4,9-15,17-18H2,(H,37,42,43). The Kier molecular flexibility index (Phi) is 6.48. The van der Waals surface area contributed by atoms with Crippen LogP contribution in [-0.4, -0.2) is 70.0 Å². The third-order valence-electron chi connectivity index (χ3n) is 10.1. The molecule has 0 spiro atoms. The van der Waals surface area contributed by atoms with E-state index in [1.165, 1.54) is 12.3 Å². The molecule has 11 heteroatoms. The highest BCUT2D eigenvalue weighted by Gasteiger charge is 2.45. The summed E-state index contributed by atoms with van der Waals surface area (Å²) in [5, 5.41) is 3.76. The van der Waals surface area contributed by atoms with Gasteiger partial charge in [-0.25, -0.2) is 8.78 Å². The minimum absolute atomic E-state index is 0.0102. The Morgan fingerprint density at radius 2 is 1.82 bits per heavy atom. The molecule has 226 valence electrons. The number of nitrogens with zero attached hydrogens (tertiary/aromatic N) is 5. The summed E-state index contributed by atoms with van der Waals surface area (Å²) in [5.74, 6) is -1.70. The van der Waals surface area contributed by atoms with Crippen LogP contribution in [0.1, 0.15) is 38.5 Å². The number of rotatable bonds is 5. The number of pyridine rings is 1. The normalized spacial score (nSPS) is 23.2. The molecule has 0 aliphatic carbocycles. The van der Waals surface area contributed by atoms with Crippen LogP contribution in [0.3, 0.4) is 0 Å². The van der Waals surface area contributed by atoms with Crippen molar-refractivity contribution in [2.24, 2.45) is 11.8 Å². The number of piperidine rings is 2. The number of fused-ring (bicyclic) bond motifs is 4. The maximum absolute atomic E-state index is 16.6. The molecular formula is C33H32F2N6O3. The SMILES string of the molecule is O=C1CC2CCN(c3nc(OCC45CCCN4CCC5)nc4c(F)c(-c5cccc6cccc(F)c56)ncc34)CC2C(=O)N1. The van der Waals surface area contributed by atoms with E-state index in [9.17, 15) is 9.59 Å². The van der Waals surface area contributed by atoms with Gasteiger partial charge in [0.25, 0.3) is 0 Å². The lowest BCUT2D eigenvalue weighted by Gasteiger charge is -2.40. The first kappa shape index (κ1) is 27.3. The average molecular weight is 599 g/mol. The second-order valence-electron chi connectivity index (χ2n) is 12.6. The molecule has 4 aliphatic heterocycles. The lowest BCUT2D eigenvalue weighted by molar-refractivity contribution is -0.139. The molecule has 2 atom stereocenters. The fourth-order valence-corrected chi connectivity index (χ4v) is 7.92. The molecule has 2 amide bonds. The van der Waals surface area contributed by atoms with Gasteiger partial charge in [0.2, 0.25) is 11.8 Å². The highest BCUT2D eigenvalue weighted by atomic mass is 19.1. The van der Waals surface area contributed by atoms with Gasteiger partial charge in [0.15, 0.2) is 5.82 Å². The van der Waals surface area contributed by atoms with E-state index < -0.39 is 17.6 Å². The van der Waals surface area contributed by atoms with Crippen LogP contribution >= 0.6 is 0 Å². The van der Waals surface area contributed by atoms with Crippen molar-refractivity contribution in [3.8, 4) is 17.3 Å². The number of carbonyl (C=O) groups is 2. The van der Waals surface area contributed by atoms with Gasteiger partial charge in [-0.15, -0.1) is 0 Å². The molecule has 2 aromatic heterocycles. The smallest absolute Gasteiger partial charge is 0.319 e. The summed E-state index contributed by atoms with van der Waals surface area (Å²) in [6.07, 6.45) is 6.74. The van der Waals surface area contributed by atoms with Crippen molar-refractivity contribution in [2.75, 3.05) is 37.7 Å². The molecule has 2 unspecified atom stereocenters. The van der Waals surface area contributed by atoms with E-state index in [-0.39, 0.29) is 45.9 Å². The molecule has 4 aliphatic rings. The minimum atomic E-state index is -0.691. The van der Waals surface area contributed by atoms with Gasteiger partial charge < -0.3 is 9.64 Å². The second-order valence-corrected chi connectivity index (χ2v) is 12.6. The number of imide groups is 1. The second kappa shape index (κ2) is 10.4. The molecule has 44 heavy (non-hydrogen) atoms. The van der Waals surface area contributed by atoms with Crippen molar-refractivity contribution in [3.63, 3.8) is 0 Å². The fourth-order valence-electron chi connectivity index (χ4n) is 7.92. The van der Waals surface area contributed by atoms with Gasteiger partial charge in [-0.1, -0.05) is 30.3 Å². The Bertz CT molecular complexity index is 1820. The zero-order valence-corrected chi connectivity index (χ0v) is 24.2. The number of benzene rings is 2. The summed E-state index contributed by atoms with van der Waals surface area (Å²) in [7, 11) is 0. The first-order chi connectivity index (χ1) is 21.4. The monoisotopic (exact) mass is 598 g/mol. The summed E-state index contributed by atoms with van der Waals surface area (Å²) in [6.45, 7) is 3.34. The maximum atomic E-state index is 16.6. The number of carbonyl (C=O) groups excluding carboxylic acids is 2. The van der Waals surface area contributed by atoms with Gasteiger partial charge in [0, 0.05) is 36.7 Å². The molecule has 0 bridgehead atoms. The van der Waals surface area contributed by atoms with Crippen LogP contribution in [-0.2, 0) is 9.59 Å². The third-order valence-corrected chi connectivity index (χ3v) is 10.1. The molecule has 0 saturated carbocycles. The Labute approximate surface area is 252 Å². The molecule has 2 aromatic carbocycles. The summed E-state index contributed by atoms with van der Waals surface area (Å²) < 4.78 is 38.0. The van der Waals surface area contributed by atoms with Crippen molar-refractivity contribution in [3.05, 3.63) is 54.2 Å². The van der Waals surface area contributed by atoms with Crippen molar-refractivity contribution in [2.45, 2.75) is 44.1 Å². The minimum Gasteiger partial charge on any atom is -0.461 e. The third kappa shape index (κ3) is 4.39. The number of halogens is 2. The molecule has 4 saturated heterocycles. The average Bonchev–Trinajstić information content (AvgIpc) is 3.61. The molecule has 8 rings (SSSR count). The zero-order valence-electron chi connectivity index (χ0n) is 24.2. The van der Waals surface area contributed by atoms with Crippen LogP contribution in [0.15, 0.2) is 42.6 Å². The van der Waals surface area contributed by atoms with E-state index in [1.807, 2.05) is 4.90 Å². The van der Waals surface area contributed by atoms with E-state index in [0.717, 1.165) is 38.8 Å². The Balaban J connectivity index is 1.23. The molecule has 4 fully saturated rings. The predicted octanol–water partition coefficient (Wildman–Crippen LogP) is 4.62. The van der Waals surface area contributed by atoms with Gasteiger partial charge >= 0.3 is 6.01 Å². The van der Waals surface area contributed by atoms with E-state index in [2.05, 4.69) is 20.2 Å². The highest BCUT2D eigenvalue weighted by Crippen LogP contribution is 2.41. The van der Waals surface area contributed by atoms with Crippen LogP contribution in [0.5, 0.6) is 6.01 Å². The van der Waals surface area contributed by atoms with Crippen LogP contribution in [0.2, 0.25) is 0 Å². The largest absolute Gasteiger partial charge is 0.461 e. The quantitative estimate of drug-likeness (QED) is 0.333. The first-order valence-electron chi connectivity index (χ1n) is 15.4. The molecule has 9 nitrogen and oxygen atoms in total. The number of ether oxygens (including phenoxy) is 1. The molecule has 4 aromatic rings. The van der Waals surface area contributed by atoms with Gasteiger partial charge in [-0.3, -0.25) is 24.8 Å². The Morgan fingerprint density at radius 1 is 1.02 bits per heavy atom. The molecular weight excluding hydrogens is 566 g/mol. The van der Waals surface area contributed by atoms with Crippen molar-refractivity contribution >= 4 is 39.3 Å². The van der Waals surface area contributed by atoms with Crippen LogP contribution in [0.25, 0.3) is 32.9 Å². The fraction of sp³-hybridized carbons (Fsp3) is 0.424. The predicted molar refractivity (Wildman–Crippen MR) is 160 cm³/mol. The lowest BCUT2D eigenvalue weighted by Crippen LogP contribution is -2.54. The number of aromatic nitrogens is 3. The topological polar surface area (TPSA) is 101 Å². The van der Waals surface area contributed by atoms with Crippen molar-refractivity contribution in [1.82, 2.24) is 25.2 Å². The number of nitrogens with one attached hydrogen (secondary N) is 1. The van der Waals surface area contributed by atoms with Crippen LogP contribution in [0.4, 0.5) is 14.6 Å². The first-order valence-corrected chi connectivity index (χ1v) is 15.4.